The standard InChI is InChI=1S/C25H31N5O/c1-20-27-24-11-14-29(17-21-8-4-3-5-9-21)19-23(24)25(28-20)30(13-7-15-31-2)18-22-10-6-12-26-16-22/h3-6,8-10,12,16H,7,11,13-15,17-19H2,1-2H3. The summed E-state index contributed by atoms with van der Waals surface area (Å²) >= 11 is 0. The molecule has 0 fully saturated rings. The first-order chi connectivity index (χ1) is 15.2. The Morgan fingerprint density at radius 2 is 1.90 bits per heavy atom. The summed E-state index contributed by atoms with van der Waals surface area (Å²) in [6.45, 7) is 7.22. The lowest BCUT2D eigenvalue weighted by Gasteiger charge is -2.33. The van der Waals surface area contributed by atoms with Gasteiger partial charge in [-0.1, -0.05) is 36.4 Å². The van der Waals surface area contributed by atoms with Crippen molar-refractivity contribution in [2.75, 3.05) is 31.7 Å². The smallest absolute Gasteiger partial charge is 0.137 e. The monoisotopic (exact) mass is 417 g/mol. The summed E-state index contributed by atoms with van der Waals surface area (Å²) in [5.74, 6) is 1.90. The van der Waals surface area contributed by atoms with E-state index in [0.29, 0.717) is 0 Å². The Morgan fingerprint density at radius 3 is 2.68 bits per heavy atom. The van der Waals surface area contributed by atoms with Crippen LogP contribution in [0, 0.1) is 6.92 Å². The van der Waals surface area contributed by atoms with E-state index in [1.54, 1.807) is 7.11 Å². The van der Waals surface area contributed by atoms with Crippen molar-refractivity contribution in [3.63, 3.8) is 0 Å². The van der Waals surface area contributed by atoms with E-state index in [2.05, 4.69) is 51.2 Å². The number of fused-ring (bicyclic) bond motifs is 1. The highest BCUT2D eigenvalue weighted by Gasteiger charge is 2.25. The van der Waals surface area contributed by atoms with Crippen LogP contribution < -0.4 is 4.90 Å². The first-order valence-corrected chi connectivity index (χ1v) is 11.0. The highest BCUT2D eigenvalue weighted by Crippen LogP contribution is 2.29. The fraction of sp³-hybridized carbons (Fsp3) is 0.400. The number of methoxy groups -OCH3 is 1. The highest BCUT2D eigenvalue weighted by atomic mass is 16.5. The number of pyridine rings is 1. The quantitative estimate of drug-likeness (QED) is 0.494. The van der Waals surface area contributed by atoms with E-state index in [4.69, 9.17) is 14.7 Å². The Bertz CT molecular complexity index is 964. The number of aromatic nitrogens is 3. The summed E-state index contributed by atoms with van der Waals surface area (Å²) in [6, 6.07) is 14.8. The molecule has 0 radical (unpaired) electrons. The van der Waals surface area contributed by atoms with Gasteiger partial charge in [0.2, 0.25) is 0 Å². The number of aryl methyl sites for hydroxylation is 1. The molecular formula is C25H31N5O. The van der Waals surface area contributed by atoms with Crippen LogP contribution in [0.15, 0.2) is 54.9 Å². The fourth-order valence-electron chi connectivity index (χ4n) is 4.18. The van der Waals surface area contributed by atoms with Crippen LogP contribution in [0.1, 0.15) is 34.6 Å². The fourth-order valence-corrected chi connectivity index (χ4v) is 4.18. The van der Waals surface area contributed by atoms with E-state index >= 15 is 0 Å². The Hall–Kier alpha value is -2.83. The van der Waals surface area contributed by atoms with Crippen molar-refractivity contribution in [2.45, 2.75) is 39.4 Å². The molecule has 0 amide bonds. The molecule has 0 aliphatic carbocycles. The van der Waals surface area contributed by atoms with Gasteiger partial charge in [0.25, 0.3) is 0 Å². The number of rotatable bonds is 9. The second-order valence-electron chi connectivity index (χ2n) is 8.10. The zero-order valence-electron chi connectivity index (χ0n) is 18.5. The highest BCUT2D eigenvalue weighted by molar-refractivity contribution is 5.50. The van der Waals surface area contributed by atoms with Crippen LogP contribution in [0.3, 0.4) is 0 Å². The summed E-state index contributed by atoms with van der Waals surface area (Å²) in [4.78, 5) is 18.9. The van der Waals surface area contributed by atoms with Gasteiger partial charge in [-0.15, -0.1) is 0 Å². The maximum absolute atomic E-state index is 5.32. The Balaban J connectivity index is 1.61. The van der Waals surface area contributed by atoms with Crippen LogP contribution in [0.4, 0.5) is 5.82 Å². The zero-order valence-corrected chi connectivity index (χ0v) is 18.5. The first-order valence-electron chi connectivity index (χ1n) is 11.0. The van der Waals surface area contributed by atoms with Gasteiger partial charge >= 0.3 is 0 Å². The molecule has 3 aromatic rings. The van der Waals surface area contributed by atoms with Gasteiger partial charge in [0.15, 0.2) is 0 Å². The van der Waals surface area contributed by atoms with Crippen LogP contribution >= 0.6 is 0 Å². The molecule has 0 bridgehead atoms. The number of nitrogens with zero attached hydrogens (tertiary/aromatic N) is 5. The van der Waals surface area contributed by atoms with E-state index < -0.39 is 0 Å². The molecule has 0 atom stereocenters. The van der Waals surface area contributed by atoms with Gasteiger partial charge < -0.3 is 9.64 Å². The topological polar surface area (TPSA) is 54.4 Å². The summed E-state index contributed by atoms with van der Waals surface area (Å²) in [5, 5.41) is 0. The van der Waals surface area contributed by atoms with E-state index in [1.165, 1.54) is 22.4 Å². The van der Waals surface area contributed by atoms with E-state index in [1.807, 2.05) is 25.4 Å². The molecule has 2 aromatic heterocycles. The molecule has 1 aliphatic heterocycles. The lowest BCUT2D eigenvalue weighted by atomic mass is 10.0. The van der Waals surface area contributed by atoms with Gasteiger partial charge in [0.05, 0.1) is 5.69 Å². The van der Waals surface area contributed by atoms with Crippen LogP contribution in [-0.4, -0.2) is 46.7 Å². The number of anilines is 1. The lowest BCUT2D eigenvalue weighted by molar-refractivity contribution is 0.196. The van der Waals surface area contributed by atoms with Gasteiger partial charge in [-0.3, -0.25) is 9.88 Å². The predicted molar refractivity (Wildman–Crippen MR) is 123 cm³/mol. The average molecular weight is 418 g/mol. The van der Waals surface area contributed by atoms with Crippen LogP contribution in [0.2, 0.25) is 0 Å². The molecule has 6 nitrogen and oxygen atoms in total. The second kappa shape index (κ2) is 10.5. The third kappa shape index (κ3) is 5.66. The molecule has 162 valence electrons. The number of benzene rings is 1. The summed E-state index contributed by atoms with van der Waals surface area (Å²) in [7, 11) is 1.75. The van der Waals surface area contributed by atoms with Crippen molar-refractivity contribution in [1.82, 2.24) is 19.9 Å². The zero-order chi connectivity index (χ0) is 21.5. The van der Waals surface area contributed by atoms with Crippen LogP contribution in [0.5, 0.6) is 0 Å². The van der Waals surface area contributed by atoms with Gasteiger partial charge in [-0.05, 0) is 30.5 Å². The van der Waals surface area contributed by atoms with E-state index in [0.717, 1.165) is 63.8 Å². The summed E-state index contributed by atoms with van der Waals surface area (Å²) in [6.07, 6.45) is 5.65. The molecule has 0 spiro atoms. The lowest BCUT2D eigenvalue weighted by Crippen LogP contribution is -2.34. The third-order valence-electron chi connectivity index (χ3n) is 5.65. The Labute approximate surface area is 184 Å². The van der Waals surface area contributed by atoms with Crippen molar-refractivity contribution < 1.29 is 4.74 Å². The molecule has 31 heavy (non-hydrogen) atoms. The molecule has 0 saturated carbocycles. The SMILES string of the molecule is COCCCN(Cc1cccnc1)c1nc(C)nc2c1CN(Cc1ccccc1)CC2. The molecule has 0 unspecified atom stereocenters. The average Bonchev–Trinajstić information content (AvgIpc) is 2.80. The third-order valence-corrected chi connectivity index (χ3v) is 5.65. The normalized spacial score (nSPS) is 13.7. The maximum atomic E-state index is 5.32. The van der Waals surface area contributed by atoms with Gasteiger partial charge in [-0.25, -0.2) is 9.97 Å². The minimum atomic E-state index is 0.732. The summed E-state index contributed by atoms with van der Waals surface area (Å²) < 4.78 is 5.32. The predicted octanol–water partition coefficient (Wildman–Crippen LogP) is 3.78. The van der Waals surface area contributed by atoms with Crippen molar-refractivity contribution in [1.29, 1.82) is 0 Å². The minimum absolute atomic E-state index is 0.732. The van der Waals surface area contributed by atoms with Gasteiger partial charge in [0.1, 0.15) is 11.6 Å². The van der Waals surface area contributed by atoms with E-state index in [-0.39, 0.29) is 0 Å². The van der Waals surface area contributed by atoms with Crippen LogP contribution in [0.25, 0.3) is 0 Å². The molecule has 1 aliphatic rings. The molecular weight excluding hydrogens is 386 g/mol. The molecule has 0 N–H and O–H groups in total. The van der Waals surface area contributed by atoms with Crippen LogP contribution in [-0.2, 0) is 30.8 Å². The number of hydrogen-bond acceptors (Lipinski definition) is 6. The molecule has 1 aromatic carbocycles. The van der Waals surface area contributed by atoms with Gasteiger partial charge in [-0.2, -0.15) is 0 Å². The second-order valence-corrected chi connectivity index (χ2v) is 8.10. The first kappa shape index (κ1) is 21.4. The van der Waals surface area contributed by atoms with Crippen molar-refractivity contribution in [2.24, 2.45) is 0 Å². The maximum Gasteiger partial charge on any atom is 0.137 e. The molecule has 4 rings (SSSR count). The van der Waals surface area contributed by atoms with E-state index in [9.17, 15) is 0 Å². The van der Waals surface area contributed by atoms with Crippen molar-refractivity contribution in [3.05, 3.63) is 83.1 Å². The molecule has 0 saturated heterocycles. The number of hydrogen-bond donors (Lipinski definition) is 0. The largest absolute Gasteiger partial charge is 0.385 e. The minimum Gasteiger partial charge on any atom is -0.385 e. The Kier molecular flexibility index (Phi) is 7.22. The van der Waals surface area contributed by atoms with Gasteiger partial charge in [0, 0.05) is 70.8 Å². The molecule has 6 heteroatoms. The Morgan fingerprint density at radius 1 is 1.06 bits per heavy atom. The van der Waals surface area contributed by atoms with Crippen molar-refractivity contribution in [3.8, 4) is 0 Å². The summed E-state index contributed by atoms with van der Waals surface area (Å²) in [5.41, 5.74) is 4.97. The number of ether oxygens (including phenoxy) is 1. The molecule has 3 heterocycles. The van der Waals surface area contributed by atoms with Crippen molar-refractivity contribution >= 4 is 5.82 Å².